The lowest BCUT2D eigenvalue weighted by Gasteiger charge is -2.26. The molecule has 33 heavy (non-hydrogen) atoms. The maximum atomic E-state index is 13.6. The molecule has 1 N–H and O–H groups in total. The monoisotopic (exact) mass is 445 g/mol. The molecule has 1 aliphatic rings. The summed E-state index contributed by atoms with van der Waals surface area (Å²) in [7, 11) is 0. The Balaban J connectivity index is 1.79. The fraction of sp³-hybridized carbons (Fsp3) is 0.423. The number of pyridine rings is 2. The van der Waals surface area contributed by atoms with E-state index >= 15 is 0 Å². The second kappa shape index (κ2) is 9.65. The Morgan fingerprint density at radius 3 is 2.73 bits per heavy atom. The molecular formula is C26H31N5O2. The predicted molar refractivity (Wildman–Crippen MR) is 128 cm³/mol. The van der Waals surface area contributed by atoms with Gasteiger partial charge in [-0.2, -0.15) is 0 Å². The summed E-state index contributed by atoms with van der Waals surface area (Å²) in [4.78, 5) is 44.8. The number of nitrogens with zero attached hydrogens (tertiary/aromatic N) is 4. The normalized spacial score (nSPS) is 15.8. The molecule has 4 heterocycles. The van der Waals surface area contributed by atoms with Gasteiger partial charge in [0.1, 0.15) is 11.4 Å². The number of carbonyl (C=O) groups is 1. The zero-order valence-electron chi connectivity index (χ0n) is 19.8. The number of nitrogens with one attached hydrogen (secondary N) is 1. The first kappa shape index (κ1) is 22.8. The molecule has 0 aliphatic carbocycles. The zero-order chi connectivity index (χ0) is 23.5. The third-order valence-corrected chi connectivity index (χ3v) is 6.41. The summed E-state index contributed by atoms with van der Waals surface area (Å²) < 4.78 is 0. The molecule has 1 atom stereocenters. The summed E-state index contributed by atoms with van der Waals surface area (Å²) >= 11 is 0. The van der Waals surface area contributed by atoms with Crippen molar-refractivity contribution in [3.8, 4) is 11.1 Å². The first-order valence-corrected chi connectivity index (χ1v) is 11.7. The van der Waals surface area contributed by atoms with Gasteiger partial charge in [-0.05, 0) is 68.4 Å². The molecule has 3 aromatic rings. The van der Waals surface area contributed by atoms with Crippen LogP contribution < -0.4 is 5.56 Å². The number of aromatic amines is 1. The van der Waals surface area contributed by atoms with Crippen LogP contribution in [0.15, 0.2) is 35.5 Å². The number of rotatable bonds is 6. The van der Waals surface area contributed by atoms with Gasteiger partial charge in [0.15, 0.2) is 0 Å². The number of H-pyrrole nitrogens is 1. The van der Waals surface area contributed by atoms with Gasteiger partial charge in [0.25, 0.3) is 11.5 Å². The van der Waals surface area contributed by atoms with Crippen molar-refractivity contribution in [3.63, 3.8) is 0 Å². The standard InChI is InChI=1S/C26H31N5O2/c1-5-8-23-28-15-20(18-10-11-27-14-17(18)4)24(30-23)22-9-7-12-31(22)26(33)19-13-16(3)21(6-2)29-25(19)32/h10-11,13-15,22H,5-9,12H2,1-4H3,(H,29,32)/t22-/m1/s1. The highest BCUT2D eigenvalue weighted by atomic mass is 16.2. The number of amides is 1. The van der Waals surface area contributed by atoms with Crippen molar-refractivity contribution in [2.75, 3.05) is 6.54 Å². The van der Waals surface area contributed by atoms with Gasteiger partial charge in [0.2, 0.25) is 0 Å². The minimum atomic E-state index is -0.326. The maximum Gasteiger partial charge on any atom is 0.261 e. The van der Waals surface area contributed by atoms with Gasteiger partial charge in [-0.3, -0.25) is 14.6 Å². The number of carbonyl (C=O) groups excluding carboxylic acids is 1. The second-order valence-electron chi connectivity index (χ2n) is 8.71. The number of hydrogen-bond acceptors (Lipinski definition) is 5. The molecule has 0 saturated carbocycles. The van der Waals surface area contributed by atoms with Crippen LogP contribution in [-0.2, 0) is 12.8 Å². The first-order valence-electron chi connectivity index (χ1n) is 11.7. The Bertz CT molecular complexity index is 1230. The summed E-state index contributed by atoms with van der Waals surface area (Å²) in [5.74, 6) is 0.542. The third kappa shape index (κ3) is 4.45. The number of likely N-dealkylation sites (tertiary alicyclic amines) is 1. The van der Waals surface area contributed by atoms with Crippen LogP contribution >= 0.6 is 0 Å². The van der Waals surface area contributed by atoms with E-state index in [9.17, 15) is 9.59 Å². The Hall–Kier alpha value is -3.35. The highest BCUT2D eigenvalue weighted by Gasteiger charge is 2.35. The molecule has 0 bridgehead atoms. The number of aryl methyl sites for hydroxylation is 4. The average molecular weight is 446 g/mol. The van der Waals surface area contributed by atoms with Gasteiger partial charge in [-0.25, -0.2) is 9.97 Å². The molecule has 0 spiro atoms. The highest BCUT2D eigenvalue weighted by Crippen LogP contribution is 2.38. The minimum absolute atomic E-state index is 0.195. The molecule has 1 amide bonds. The Labute approximate surface area is 194 Å². The summed E-state index contributed by atoms with van der Waals surface area (Å²) in [5.41, 5.74) is 5.49. The van der Waals surface area contributed by atoms with E-state index in [0.717, 1.165) is 71.6 Å². The van der Waals surface area contributed by atoms with Crippen LogP contribution in [0.4, 0.5) is 0 Å². The van der Waals surface area contributed by atoms with Crippen molar-refractivity contribution < 1.29 is 4.79 Å². The van der Waals surface area contributed by atoms with Crippen LogP contribution in [0.3, 0.4) is 0 Å². The number of hydrogen-bond donors (Lipinski definition) is 1. The van der Waals surface area contributed by atoms with E-state index in [1.807, 2.05) is 44.1 Å². The molecule has 7 heteroatoms. The van der Waals surface area contributed by atoms with Gasteiger partial charge in [0, 0.05) is 42.8 Å². The van der Waals surface area contributed by atoms with Crippen LogP contribution in [-0.4, -0.2) is 37.3 Å². The lowest BCUT2D eigenvalue weighted by molar-refractivity contribution is 0.0731. The molecule has 3 aromatic heterocycles. The van der Waals surface area contributed by atoms with Crippen LogP contribution in [0.25, 0.3) is 11.1 Å². The molecule has 1 fully saturated rings. The first-order chi connectivity index (χ1) is 15.9. The zero-order valence-corrected chi connectivity index (χ0v) is 19.8. The molecule has 7 nitrogen and oxygen atoms in total. The van der Waals surface area contributed by atoms with Crippen LogP contribution in [0.1, 0.15) is 77.8 Å². The smallest absolute Gasteiger partial charge is 0.261 e. The summed E-state index contributed by atoms with van der Waals surface area (Å²) in [6, 6.07) is 3.49. The molecular weight excluding hydrogens is 414 g/mol. The fourth-order valence-electron chi connectivity index (χ4n) is 4.66. The van der Waals surface area contributed by atoms with E-state index in [-0.39, 0.29) is 23.1 Å². The summed E-state index contributed by atoms with van der Waals surface area (Å²) in [6.45, 7) is 8.63. The average Bonchev–Trinajstić information content (AvgIpc) is 3.30. The molecule has 0 radical (unpaired) electrons. The fourth-order valence-corrected chi connectivity index (χ4v) is 4.66. The molecule has 4 rings (SSSR count). The van der Waals surface area contributed by atoms with Crippen LogP contribution in [0.5, 0.6) is 0 Å². The quantitative estimate of drug-likeness (QED) is 0.609. The van der Waals surface area contributed by atoms with E-state index in [0.29, 0.717) is 6.54 Å². The molecule has 1 saturated heterocycles. The molecule has 172 valence electrons. The molecule has 1 aliphatic heterocycles. The predicted octanol–water partition coefficient (Wildman–Crippen LogP) is 4.34. The van der Waals surface area contributed by atoms with Gasteiger partial charge >= 0.3 is 0 Å². The minimum Gasteiger partial charge on any atom is -0.330 e. The van der Waals surface area contributed by atoms with Crippen molar-refractivity contribution in [1.29, 1.82) is 0 Å². The lowest BCUT2D eigenvalue weighted by Crippen LogP contribution is -2.35. The highest BCUT2D eigenvalue weighted by molar-refractivity contribution is 5.94. The Morgan fingerprint density at radius 1 is 1.18 bits per heavy atom. The van der Waals surface area contributed by atoms with Gasteiger partial charge in [-0.1, -0.05) is 13.8 Å². The van der Waals surface area contributed by atoms with Gasteiger partial charge in [-0.15, -0.1) is 0 Å². The summed E-state index contributed by atoms with van der Waals surface area (Å²) in [6.07, 6.45) is 9.58. The SMILES string of the molecule is CCCc1ncc(-c2ccncc2C)c([C@H]2CCCN2C(=O)c2cc(C)c(CC)[nH]c2=O)n1. The van der Waals surface area contributed by atoms with Crippen molar-refractivity contribution in [2.24, 2.45) is 0 Å². The lowest BCUT2D eigenvalue weighted by atomic mass is 9.97. The van der Waals surface area contributed by atoms with Crippen LogP contribution in [0, 0.1) is 13.8 Å². The van der Waals surface area contributed by atoms with Gasteiger partial charge < -0.3 is 9.88 Å². The van der Waals surface area contributed by atoms with E-state index in [4.69, 9.17) is 4.98 Å². The number of aromatic nitrogens is 4. The summed E-state index contributed by atoms with van der Waals surface area (Å²) in [5, 5.41) is 0. The van der Waals surface area contributed by atoms with E-state index < -0.39 is 0 Å². The van der Waals surface area contributed by atoms with Gasteiger partial charge in [0.05, 0.1) is 11.7 Å². The Morgan fingerprint density at radius 2 is 2.00 bits per heavy atom. The van der Waals surface area contributed by atoms with E-state index in [2.05, 4.69) is 21.9 Å². The third-order valence-electron chi connectivity index (χ3n) is 6.41. The second-order valence-corrected chi connectivity index (χ2v) is 8.71. The van der Waals surface area contributed by atoms with Crippen molar-refractivity contribution in [2.45, 2.75) is 65.8 Å². The van der Waals surface area contributed by atoms with E-state index in [1.54, 1.807) is 12.3 Å². The largest absolute Gasteiger partial charge is 0.330 e. The molecule has 0 unspecified atom stereocenters. The van der Waals surface area contributed by atoms with Crippen molar-refractivity contribution in [1.82, 2.24) is 24.8 Å². The molecule has 0 aromatic carbocycles. The topological polar surface area (TPSA) is 91.8 Å². The van der Waals surface area contributed by atoms with E-state index in [1.165, 1.54) is 0 Å². The van der Waals surface area contributed by atoms with Crippen molar-refractivity contribution in [3.05, 3.63) is 75.0 Å². The maximum absolute atomic E-state index is 13.6. The van der Waals surface area contributed by atoms with Crippen molar-refractivity contribution >= 4 is 5.91 Å². The van der Waals surface area contributed by atoms with Crippen LogP contribution in [0.2, 0.25) is 0 Å². The Kier molecular flexibility index (Phi) is 6.67.